The molecule has 0 amide bonds. The van der Waals surface area contributed by atoms with Gasteiger partial charge in [0.2, 0.25) is 0 Å². The van der Waals surface area contributed by atoms with E-state index in [1.54, 1.807) is 0 Å². The smallest absolute Gasteiger partial charge is 0.328 e. The van der Waals surface area contributed by atoms with E-state index in [-0.39, 0.29) is 12.0 Å². The van der Waals surface area contributed by atoms with Crippen LogP contribution in [0, 0.1) is 0 Å². The molecule has 94 valence electrons. The van der Waals surface area contributed by atoms with E-state index < -0.39 is 5.60 Å². The first kappa shape index (κ1) is 13.6. The highest BCUT2D eigenvalue weighted by Crippen LogP contribution is 2.17. The van der Waals surface area contributed by atoms with E-state index >= 15 is 0 Å². The maximum absolute atomic E-state index is 11.9. The van der Waals surface area contributed by atoms with Crippen molar-refractivity contribution in [1.82, 2.24) is 0 Å². The Hall–Kier alpha value is -1.51. The molecule has 0 fully saturated rings. The Morgan fingerprint density at radius 2 is 1.76 bits per heavy atom. The predicted octanol–water partition coefficient (Wildman–Crippen LogP) is 2.85. The molecule has 0 bridgehead atoms. The summed E-state index contributed by atoms with van der Waals surface area (Å²) in [6.45, 7) is 7.47. The van der Waals surface area contributed by atoms with Crippen molar-refractivity contribution in [3.8, 4) is 0 Å². The van der Waals surface area contributed by atoms with Crippen LogP contribution in [-0.2, 0) is 9.53 Å². The fourth-order valence-electron chi connectivity index (χ4n) is 1.43. The first-order valence-electron chi connectivity index (χ1n) is 5.82. The summed E-state index contributed by atoms with van der Waals surface area (Å²) in [6, 6.07) is 9.51. The molecule has 3 nitrogen and oxygen atoms in total. The van der Waals surface area contributed by atoms with Gasteiger partial charge in [-0.1, -0.05) is 18.2 Å². The summed E-state index contributed by atoms with van der Waals surface area (Å²) in [4.78, 5) is 13.8. The van der Waals surface area contributed by atoms with Gasteiger partial charge >= 0.3 is 5.97 Å². The Labute approximate surface area is 103 Å². The molecule has 1 atom stereocenters. The van der Waals surface area contributed by atoms with Gasteiger partial charge in [-0.05, 0) is 39.8 Å². The van der Waals surface area contributed by atoms with Crippen LogP contribution in [0.5, 0.6) is 0 Å². The first-order chi connectivity index (χ1) is 7.81. The highest BCUT2D eigenvalue weighted by molar-refractivity contribution is 5.79. The molecule has 1 rings (SSSR count). The molecule has 0 aliphatic heterocycles. The maximum atomic E-state index is 11.9. The van der Waals surface area contributed by atoms with Crippen LogP contribution >= 0.6 is 0 Å². The summed E-state index contributed by atoms with van der Waals surface area (Å²) in [6.07, 6.45) is 0. The minimum atomic E-state index is -0.442. The number of nitrogens with zero attached hydrogens (tertiary/aromatic N) is 1. The molecule has 0 N–H and O–H groups in total. The van der Waals surface area contributed by atoms with Gasteiger partial charge in [-0.2, -0.15) is 0 Å². The fourth-order valence-corrected chi connectivity index (χ4v) is 1.43. The fraction of sp³-hybridized carbons (Fsp3) is 0.500. The molecule has 1 aromatic carbocycles. The quantitative estimate of drug-likeness (QED) is 0.754. The zero-order chi connectivity index (χ0) is 13.1. The van der Waals surface area contributed by atoms with Gasteiger partial charge in [0.25, 0.3) is 0 Å². The second-order valence-electron chi connectivity index (χ2n) is 5.16. The van der Waals surface area contributed by atoms with Crippen molar-refractivity contribution in [2.75, 3.05) is 11.9 Å². The molecule has 3 heteroatoms. The normalized spacial score (nSPS) is 13.0. The van der Waals surface area contributed by atoms with Crippen LogP contribution in [0.4, 0.5) is 5.69 Å². The van der Waals surface area contributed by atoms with E-state index in [4.69, 9.17) is 4.74 Å². The third kappa shape index (κ3) is 4.10. The van der Waals surface area contributed by atoms with Gasteiger partial charge in [-0.3, -0.25) is 0 Å². The summed E-state index contributed by atoms with van der Waals surface area (Å²) in [7, 11) is 1.89. The highest BCUT2D eigenvalue weighted by atomic mass is 16.6. The molecular weight excluding hydrogens is 214 g/mol. The van der Waals surface area contributed by atoms with Crippen molar-refractivity contribution in [2.45, 2.75) is 39.3 Å². The van der Waals surface area contributed by atoms with Crippen molar-refractivity contribution in [1.29, 1.82) is 0 Å². The third-order valence-electron chi connectivity index (χ3n) is 2.49. The Morgan fingerprint density at radius 3 is 2.24 bits per heavy atom. The number of hydrogen-bond acceptors (Lipinski definition) is 3. The van der Waals surface area contributed by atoms with Crippen LogP contribution in [0.25, 0.3) is 0 Å². The number of carbonyl (C=O) groups is 1. The zero-order valence-electron chi connectivity index (χ0n) is 11.2. The van der Waals surface area contributed by atoms with Crippen molar-refractivity contribution in [3.05, 3.63) is 30.3 Å². The van der Waals surface area contributed by atoms with E-state index in [1.807, 2.05) is 70.0 Å². The number of carbonyl (C=O) groups excluding carboxylic acids is 1. The van der Waals surface area contributed by atoms with Crippen LogP contribution in [0.1, 0.15) is 27.7 Å². The van der Waals surface area contributed by atoms with Gasteiger partial charge in [0.15, 0.2) is 0 Å². The molecule has 17 heavy (non-hydrogen) atoms. The van der Waals surface area contributed by atoms with Crippen LogP contribution in [-0.4, -0.2) is 24.7 Å². The Morgan fingerprint density at radius 1 is 1.24 bits per heavy atom. The monoisotopic (exact) mass is 235 g/mol. The third-order valence-corrected chi connectivity index (χ3v) is 2.49. The van der Waals surface area contributed by atoms with Crippen LogP contribution in [0.2, 0.25) is 0 Å². The summed E-state index contributed by atoms with van der Waals surface area (Å²) in [5.74, 6) is -0.205. The topological polar surface area (TPSA) is 29.5 Å². The molecule has 0 radical (unpaired) electrons. The minimum absolute atomic E-state index is 0.205. The van der Waals surface area contributed by atoms with Crippen molar-refractivity contribution in [3.63, 3.8) is 0 Å². The first-order valence-corrected chi connectivity index (χ1v) is 5.82. The number of hydrogen-bond donors (Lipinski definition) is 0. The number of esters is 1. The van der Waals surface area contributed by atoms with E-state index in [0.29, 0.717) is 0 Å². The zero-order valence-corrected chi connectivity index (χ0v) is 11.2. The minimum Gasteiger partial charge on any atom is -0.458 e. The van der Waals surface area contributed by atoms with Gasteiger partial charge in [0.05, 0.1) is 0 Å². The second-order valence-corrected chi connectivity index (χ2v) is 5.16. The Bertz CT molecular complexity index is 368. The molecule has 0 spiro atoms. The predicted molar refractivity (Wildman–Crippen MR) is 70.2 cm³/mol. The van der Waals surface area contributed by atoms with Gasteiger partial charge in [0, 0.05) is 12.7 Å². The molecule has 0 saturated heterocycles. The van der Waals surface area contributed by atoms with E-state index in [9.17, 15) is 4.79 Å². The maximum Gasteiger partial charge on any atom is 0.328 e. The van der Waals surface area contributed by atoms with Crippen LogP contribution < -0.4 is 4.90 Å². The number of para-hydroxylation sites is 1. The molecular formula is C14H21NO2. The molecule has 1 aromatic rings. The van der Waals surface area contributed by atoms with E-state index in [0.717, 1.165) is 5.69 Å². The molecule has 0 aromatic heterocycles. The average Bonchev–Trinajstić information content (AvgIpc) is 2.26. The lowest BCUT2D eigenvalue weighted by Gasteiger charge is -2.28. The summed E-state index contributed by atoms with van der Waals surface area (Å²) in [5.41, 5.74) is 0.564. The van der Waals surface area contributed by atoms with E-state index in [1.165, 1.54) is 0 Å². The Balaban J connectivity index is 2.70. The van der Waals surface area contributed by atoms with Crippen molar-refractivity contribution in [2.24, 2.45) is 0 Å². The molecule has 0 aliphatic rings. The highest BCUT2D eigenvalue weighted by Gasteiger charge is 2.24. The van der Waals surface area contributed by atoms with Crippen LogP contribution in [0.3, 0.4) is 0 Å². The number of anilines is 1. The second kappa shape index (κ2) is 5.21. The standard InChI is InChI=1S/C14H21NO2/c1-11(13(16)17-14(2,3)4)15(5)12-9-7-6-8-10-12/h6-11H,1-5H3. The molecule has 0 aliphatic carbocycles. The number of likely N-dealkylation sites (N-methyl/N-ethyl adjacent to an activating group) is 1. The SMILES string of the molecule is CC(C(=O)OC(C)(C)C)N(C)c1ccccc1. The molecule has 0 heterocycles. The van der Waals surface area contributed by atoms with Crippen molar-refractivity contribution >= 4 is 11.7 Å². The molecule has 1 unspecified atom stereocenters. The van der Waals surface area contributed by atoms with Gasteiger partial charge < -0.3 is 9.64 Å². The summed E-state index contributed by atoms with van der Waals surface area (Å²) < 4.78 is 5.36. The number of ether oxygens (including phenoxy) is 1. The van der Waals surface area contributed by atoms with Gasteiger partial charge in [-0.15, -0.1) is 0 Å². The summed E-state index contributed by atoms with van der Waals surface area (Å²) in [5, 5.41) is 0. The average molecular weight is 235 g/mol. The lowest BCUT2D eigenvalue weighted by Crippen LogP contribution is -2.40. The number of rotatable bonds is 3. The van der Waals surface area contributed by atoms with Crippen molar-refractivity contribution < 1.29 is 9.53 Å². The van der Waals surface area contributed by atoms with E-state index in [2.05, 4.69) is 0 Å². The Kier molecular flexibility index (Phi) is 4.16. The summed E-state index contributed by atoms with van der Waals surface area (Å²) >= 11 is 0. The van der Waals surface area contributed by atoms with Gasteiger partial charge in [0.1, 0.15) is 11.6 Å². The van der Waals surface area contributed by atoms with Gasteiger partial charge in [-0.25, -0.2) is 4.79 Å². The lowest BCUT2D eigenvalue weighted by atomic mass is 10.2. The number of benzene rings is 1. The van der Waals surface area contributed by atoms with Crippen LogP contribution in [0.15, 0.2) is 30.3 Å². The largest absolute Gasteiger partial charge is 0.458 e. The lowest BCUT2D eigenvalue weighted by molar-refractivity contribution is -0.155. The molecule has 0 saturated carbocycles.